The van der Waals surface area contributed by atoms with Crippen LogP contribution in [0.1, 0.15) is 79.5 Å². The zero-order valence-corrected chi connectivity index (χ0v) is 30.9. The third kappa shape index (κ3) is 12.6. The third-order valence-electron chi connectivity index (χ3n) is 7.56. The number of benzene rings is 3. The molecule has 3 rings (SSSR count). The van der Waals surface area contributed by atoms with Gasteiger partial charge in [-0.3, -0.25) is 0 Å². The van der Waals surface area contributed by atoms with Gasteiger partial charge in [-0.05, 0) is 119 Å². The molecule has 6 nitrogen and oxygen atoms in total. The van der Waals surface area contributed by atoms with Crippen molar-refractivity contribution in [2.45, 2.75) is 104 Å². The van der Waals surface area contributed by atoms with Crippen LogP contribution in [0.3, 0.4) is 0 Å². The Balaban J connectivity index is 1.46. The van der Waals surface area contributed by atoms with Crippen LogP contribution < -0.4 is 9.47 Å². The van der Waals surface area contributed by atoms with Crippen LogP contribution in [0.15, 0.2) is 60.7 Å². The van der Waals surface area contributed by atoms with Gasteiger partial charge < -0.3 is 18.3 Å². The summed E-state index contributed by atoms with van der Waals surface area (Å²) in [5, 5.41) is 0. The van der Waals surface area contributed by atoms with Crippen LogP contribution in [0.5, 0.6) is 11.5 Å². The molecule has 1 atom stereocenters. The summed E-state index contributed by atoms with van der Waals surface area (Å²) >= 11 is 0. The van der Waals surface area contributed by atoms with Crippen molar-refractivity contribution in [3.8, 4) is 22.6 Å². The zero-order valence-electron chi connectivity index (χ0n) is 28.9. The first-order valence-corrected chi connectivity index (χ1v) is 23.2. The summed E-state index contributed by atoms with van der Waals surface area (Å²) in [6.07, 6.45) is 6.48. The van der Waals surface area contributed by atoms with Crippen molar-refractivity contribution in [2.24, 2.45) is 0 Å². The lowest BCUT2D eigenvalue weighted by atomic mass is 10.0. The average molecular weight is 685 g/mol. The Hall–Kier alpha value is -3.35. The van der Waals surface area contributed by atoms with Crippen LogP contribution in [0, 0.1) is 11.6 Å². The van der Waals surface area contributed by atoms with E-state index in [9.17, 15) is 18.4 Å². The Labute approximate surface area is 281 Å². The van der Waals surface area contributed by atoms with E-state index in [0.717, 1.165) is 51.0 Å². The Morgan fingerprint density at radius 3 is 2.02 bits per heavy atom. The summed E-state index contributed by atoms with van der Waals surface area (Å²) < 4.78 is 52.3. The van der Waals surface area contributed by atoms with E-state index in [2.05, 4.69) is 39.7 Å². The molecule has 0 aliphatic rings. The van der Waals surface area contributed by atoms with Gasteiger partial charge in [0.2, 0.25) is 5.82 Å². The fourth-order valence-electron chi connectivity index (χ4n) is 5.36. The van der Waals surface area contributed by atoms with Gasteiger partial charge >= 0.3 is 11.9 Å². The van der Waals surface area contributed by atoms with E-state index in [-0.39, 0.29) is 28.7 Å². The molecule has 0 radical (unpaired) electrons. The molecule has 0 fully saturated rings. The molecular formula is C37H50F2O6Si2. The molecule has 10 heteroatoms. The number of rotatable bonds is 18. The first-order chi connectivity index (χ1) is 22.2. The Kier molecular flexibility index (Phi) is 14.4. The standard InChI is InChI=1S/C37H50F2O6Si2/c1-8-9-12-25-42-33-24-23-32(34(38)35(33)39)28-15-17-29(18-16-28)37(41)44-31-21-19-30(20-22-31)36(40)43-27(2)14-11-10-13-26-47(6,7)45-46(3,4)5/h15-24,27H,8-14,25-26H2,1-7H3. The molecule has 0 bridgehead atoms. The van der Waals surface area contributed by atoms with E-state index in [1.54, 1.807) is 12.1 Å². The summed E-state index contributed by atoms with van der Waals surface area (Å²) in [4.78, 5) is 25.4. The summed E-state index contributed by atoms with van der Waals surface area (Å²) in [6.45, 7) is 15.6. The molecule has 3 aromatic carbocycles. The molecule has 0 saturated heterocycles. The lowest BCUT2D eigenvalue weighted by Crippen LogP contribution is -2.42. The van der Waals surface area contributed by atoms with Gasteiger partial charge in [0.25, 0.3) is 0 Å². The van der Waals surface area contributed by atoms with Gasteiger partial charge in [-0.2, -0.15) is 4.39 Å². The van der Waals surface area contributed by atoms with E-state index in [4.69, 9.17) is 18.3 Å². The van der Waals surface area contributed by atoms with Crippen LogP contribution in [-0.2, 0) is 8.85 Å². The van der Waals surface area contributed by atoms with Gasteiger partial charge in [-0.25, -0.2) is 14.0 Å². The molecule has 47 heavy (non-hydrogen) atoms. The number of esters is 2. The maximum atomic E-state index is 14.8. The molecule has 0 amide bonds. The number of hydrogen-bond donors (Lipinski definition) is 0. The van der Waals surface area contributed by atoms with Gasteiger partial charge in [0.05, 0.1) is 23.8 Å². The maximum absolute atomic E-state index is 14.8. The van der Waals surface area contributed by atoms with Crippen molar-refractivity contribution in [3.05, 3.63) is 83.4 Å². The van der Waals surface area contributed by atoms with E-state index < -0.39 is 40.2 Å². The van der Waals surface area contributed by atoms with Crippen LogP contribution in [0.2, 0.25) is 38.8 Å². The fourth-order valence-corrected chi connectivity index (χ4v) is 13.5. The molecule has 256 valence electrons. The van der Waals surface area contributed by atoms with Crippen molar-refractivity contribution in [1.29, 1.82) is 0 Å². The normalized spacial score (nSPS) is 12.4. The SMILES string of the molecule is CCCCCOc1ccc(-c2ccc(C(=O)Oc3ccc(C(=O)OC(C)CCCCC[Si](C)(C)O[Si](C)(C)C)cc3)cc2)c(F)c1F. The minimum Gasteiger partial charge on any atom is -0.490 e. The van der Waals surface area contributed by atoms with Crippen molar-refractivity contribution >= 4 is 28.6 Å². The highest BCUT2D eigenvalue weighted by Crippen LogP contribution is 2.30. The van der Waals surface area contributed by atoms with E-state index in [0.29, 0.717) is 17.7 Å². The second kappa shape index (κ2) is 17.7. The second-order valence-corrected chi connectivity index (χ2v) is 22.6. The Morgan fingerprint density at radius 2 is 1.38 bits per heavy atom. The molecule has 1 unspecified atom stereocenters. The smallest absolute Gasteiger partial charge is 0.343 e. The first kappa shape index (κ1) is 38.1. The molecule has 0 N–H and O–H groups in total. The lowest BCUT2D eigenvalue weighted by Gasteiger charge is -2.31. The predicted molar refractivity (Wildman–Crippen MR) is 188 cm³/mol. The van der Waals surface area contributed by atoms with E-state index in [1.165, 1.54) is 48.5 Å². The molecule has 0 saturated carbocycles. The zero-order chi connectivity index (χ0) is 34.6. The molecule has 0 heterocycles. The topological polar surface area (TPSA) is 71.1 Å². The van der Waals surface area contributed by atoms with Crippen molar-refractivity contribution in [3.63, 3.8) is 0 Å². The fraction of sp³-hybridized carbons (Fsp3) is 0.459. The van der Waals surface area contributed by atoms with Gasteiger partial charge in [0, 0.05) is 5.56 Å². The lowest BCUT2D eigenvalue weighted by molar-refractivity contribution is 0.0319. The second-order valence-electron chi connectivity index (χ2n) is 13.6. The summed E-state index contributed by atoms with van der Waals surface area (Å²) in [7, 11) is -3.15. The van der Waals surface area contributed by atoms with Crippen molar-refractivity contribution in [1.82, 2.24) is 0 Å². The largest absolute Gasteiger partial charge is 0.490 e. The average Bonchev–Trinajstić information content (AvgIpc) is 3.00. The Bertz CT molecular complexity index is 1450. The number of halogens is 2. The van der Waals surface area contributed by atoms with E-state index in [1.807, 2.05) is 6.92 Å². The van der Waals surface area contributed by atoms with Crippen molar-refractivity contribution < 1.29 is 36.7 Å². The van der Waals surface area contributed by atoms with E-state index >= 15 is 0 Å². The number of unbranched alkanes of at least 4 members (excludes halogenated alkanes) is 4. The number of carbonyl (C=O) groups is 2. The third-order valence-corrected chi connectivity index (χ3v) is 13.8. The van der Waals surface area contributed by atoms with Crippen LogP contribution in [0.4, 0.5) is 8.78 Å². The minimum atomic E-state index is -1.63. The summed E-state index contributed by atoms with van der Waals surface area (Å²) in [6, 6.07) is 16.2. The number of carbonyl (C=O) groups excluding carboxylic acids is 2. The maximum Gasteiger partial charge on any atom is 0.343 e. The Morgan fingerprint density at radius 1 is 0.745 bits per heavy atom. The first-order valence-electron chi connectivity index (χ1n) is 16.6. The van der Waals surface area contributed by atoms with Gasteiger partial charge in [0.1, 0.15) is 5.75 Å². The van der Waals surface area contributed by atoms with Gasteiger partial charge in [-0.1, -0.05) is 44.7 Å². The summed E-state index contributed by atoms with van der Waals surface area (Å²) in [5.74, 6) is -2.96. The number of hydrogen-bond acceptors (Lipinski definition) is 6. The highest BCUT2D eigenvalue weighted by Gasteiger charge is 2.29. The molecule has 0 aliphatic carbocycles. The molecular weight excluding hydrogens is 635 g/mol. The molecule has 3 aromatic rings. The van der Waals surface area contributed by atoms with Crippen LogP contribution >= 0.6 is 0 Å². The van der Waals surface area contributed by atoms with Gasteiger partial charge in [-0.15, -0.1) is 0 Å². The molecule has 0 aromatic heterocycles. The van der Waals surface area contributed by atoms with Gasteiger partial charge in [0.15, 0.2) is 28.2 Å². The molecule has 0 aliphatic heterocycles. The monoisotopic (exact) mass is 684 g/mol. The minimum absolute atomic E-state index is 0.0635. The van der Waals surface area contributed by atoms with Crippen molar-refractivity contribution in [2.75, 3.05) is 6.61 Å². The van der Waals surface area contributed by atoms with Crippen LogP contribution in [0.25, 0.3) is 11.1 Å². The number of ether oxygens (including phenoxy) is 3. The quantitative estimate of drug-likeness (QED) is 0.0575. The predicted octanol–water partition coefficient (Wildman–Crippen LogP) is 10.6. The highest BCUT2D eigenvalue weighted by molar-refractivity contribution is 6.84. The van der Waals surface area contributed by atoms with Crippen LogP contribution in [-0.4, -0.2) is 41.3 Å². The summed E-state index contributed by atoms with van der Waals surface area (Å²) in [5.41, 5.74) is 1.07. The molecule has 0 spiro atoms. The highest BCUT2D eigenvalue weighted by atomic mass is 28.4.